The molecular formula is C14H14FN. The van der Waals surface area contributed by atoms with E-state index in [-0.39, 0.29) is 5.82 Å². The number of aromatic nitrogens is 1. The van der Waals surface area contributed by atoms with Gasteiger partial charge in [-0.05, 0) is 35.7 Å². The second kappa shape index (κ2) is 4.88. The molecule has 0 radical (unpaired) electrons. The van der Waals surface area contributed by atoms with Gasteiger partial charge in [0.1, 0.15) is 5.82 Å². The molecule has 0 spiro atoms. The summed E-state index contributed by atoms with van der Waals surface area (Å²) in [7, 11) is 0. The minimum absolute atomic E-state index is 0.190. The van der Waals surface area contributed by atoms with Crippen LogP contribution in [0.25, 0.3) is 0 Å². The molecule has 0 aliphatic rings. The van der Waals surface area contributed by atoms with Crippen molar-refractivity contribution in [2.24, 2.45) is 0 Å². The molecular weight excluding hydrogens is 201 g/mol. The molecule has 1 aromatic carbocycles. The fourth-order valence-corrected chi connectivity index (χ4v) is 1.94. The summed E-state index contributed by atoms with van der Waals surface area (Å²) in [6, 6.07) is 10.7. The van der Waals surface area contributed by atoms with Crippen LogP contribution in [0.3, 0.4) is 0 Å². The van der Waals surface area contributed by atoms with Gasteiger partial charge >= 0.3 is 0 Å². The van der Waals surface area contributed by atoms with E-state index in [1.54, 1.807) is 6.20 Å². The van der Waals surface area contributed by atoms with Gasteiger partial charge < -0.3 is 0 Å². The molecule has 2 aromatic rings. The Balaban J connectivity index is 2.33. The maximum Gasteiger partial charge on any atom is 0.123 e. The molecule has 2 rings (SSSR count). The van der Waals surface area contributed by atoms with E-state index in [1.807, 2.05) is 24.4 Å². The maximum absolute atomic E-state index is 12.8. The normalized spacial score (nSPS) is 12.4. The first-order valence-corrected chi connectivity index (χ1v) is 5.46. The summed E-state index contributed by atoms with van der Waals surface area (Å²) >= 11 is 0. The Hall–Kier alpha value is -1.70. The highest BCUT2D eigenvalue weighted by Crippen LogP contribution is 2.26. The standard InChI is InChI=1S/C14H14FN/c1-2-14(12-4-3-9-16-10-12)11-5-7-13(15)8-6-11/h3-10,14H,2H2,1H3. The Morgan fingerprint density at radius 1 is 1.12 bits per heavy atom. The molecule has 0 aliphatic heterocycles. The van der Waals surface area contributed by atoms with Crippen LogP contribution in [0.15, 0.2) is 48.8 Å². The highest BCUT2D eigenvalue weighted by atomic mass is 19.1. The van der Waals surface area contributed by atoms with Crippen LogP contribution in [0, 0.1) is 5.82 Å². The van der Waals surface area contributed by atoms with Crippen LogP contribution in [0.1, 0.15) is 30.4 Å². The number of hydrogen-bond donors (Lipinski definition) is 0. The maximum atomic E-state index is 12.8. The number of halogens is 1. The fourth-order valence-electron chi connectivity index (χ4n) is 1.94. The van der Waals surface area contributed by atoms with E-state index in [9.17, 15) is 4.39 Å². The van der Waals surface area contributed by atoms with Crippen molar-refractivity contribution >= 4 is 0 Å². The first-order valence-electron chi connectivity index (χ1n) is 5.46. The van der Waals surface area contributed by atoms with Crippen molar-refractivity contribution in [1.82, 2.24) is 4.98 Å². The van der Waals surface area contributed by atoms with Crippen LogP contribution >= 0.6 is 0 Å². The van der Waals surface area contributed by atoms with E-state index in [1.165, 1.54) is 17.7 Å². The van der Waals surface area contributed by atoms with Crippen LogP contribution in [0.4, 0.5) is 4.39 Å². The second-order valence-electron chi connectivity index (χ2n) is 3.80. The lowest BCUT2D eigenvalue weighted by atomic mass is 9.90. The van der Waals surface area contributed by atoms with E-state index in [2.05, 4.69) is 18.0 Å². The molecule has 0 N–H and O–H groups in total. The Labute approximate surface area is 95.0 Å². The van der Waals surface area contributed by atoms with Gasteiger partial charge in [0.2, 0.25) is 0 Å². The van der Waals surface area contributed by atoms with E-state index >= 15 is 0 Å². The van der Waals surface area contributed by atoms with Crippen LogP contribution in [-0.2, 0) is 0 Å². The molecule has 0 fully saturated rings. The second-order valence-corrected chi connectivity index (χ2v) is 3.80. The summed E-state index contributed by atoms with van der Waals surface area (Å²) in [5, 5.41) is 0. The molecule has 1 aromatic heterocycles. The Morgan fingerprint density at radius 3 is 2.44 bits per heavy atom. The van der Waals surface area contributed by atoms with Gasteiger partial charge in [0, 0.05) is 18.3 Å². The first-order chi connectivity index (χ1) is 7.81. The third kappa shape index (κ3) is 2.27. The van der Waals surface area contributed by atoms with Gasteiger partial charge in [-0.15, -0.1) is 0 Å². The minimum atomic E-state index is -0.190. The van der Waals surface area contributed by atoms with Gasteiger partial charge in [0.25, 0.3) is 0 Å². The first kappa shape index (κ1) is 10.8. The topological polar surface area (TPSA) is 12.9 Å². The van der Waals surface area contributed by atoms with Gasteiger partial charge in [0.15, 0.2) is 0 Å². The van der Waals surface area contributed by atoms with Crippen molar-refractivity contribution in [1.29, 1.82) is 0 Å². The van der Waals surface area contributed by atoms with Crippen molar-refractivity contribution in [3.05, 3.63) is 65.7 Å². The number of pyridine rings is 1. The van der Waals surface area contributed by atoms with Gasteiger partial charge in [-0.25, -0.2) is 4.39 Å². The predicted octanol–water partition coefficient (Wildman–Crippen LogP) is 3.76. The Bertz CT molecular complexity index is 436. The van der Waals surface area contributed by atoms with E-state index in [0.717, 1.165) is 12.0 Å². The van der Waals surface area contributed by atoms with Crippen molar-refractivity contribution in [3.8, 4) is 0 Å². The highest BCUT2D eigenvalue weighted by molar-refractivity contribution is 5.30. The molecule has 0 saturated heterocycles. The van der Waals surface area contributed by atoms with Crippen LogP contribution in [0.5, 0.6) is 0 Å². The van der Waals surface area contributed by atoms with Crippen molar-refractivity contribution in [2.75, 3.05) is 0 Å². The molecule has 1 atom stereocenters. The summed E-state index contributed by atoms with van der Waals surface area (Å²) < 4.78 is 12.8. The number of hydrogen-bond acceptors (Lipinski definition) is 1. The number of rotatable bonds is 3. The van der Waals surface area contributed by atoms with E-state index in [0.29, 0.717) is 5.92 Å². The molecule has 0 amide bonds. The summed E-state index contributed by atoms with van der Waals surface area (Å²) in [4.78, 5) is 4.12. The zero-order chi connectivity index (χ0) is 11.4. The number of nitrogens with zero attached hydrogens (tertiary/aromatic N) is 1. The lowest BCUT2D eigenvalue weighted by molar-refractivity contribution is 0.625. The largest absolute Gasteiger partial charge is 0.264 e. The molecule has 16 heavy (non-hydrogen) atoms. The Kier molecular flexibility index (Phi) is 3.30. The molecule has 1 unspecified atom stereocenters. The van der Waals surface area contributed by atoms with Crippen LogP contribution < -0.4 is 0 Å². The summed E-state index contributed by atoms with van der Waals surface area (Å²) in [6.45, 7) is 2.13. The van der Waals surface area contributed by atoms with Gasteiger partial charge in [-0.2, -0.15) is 0 Å². The van der Waals surface area contributed by atoms with Crippen LogP contribution in [-0.4, -0.2) is 4.98 Å². The zero-order valence-corrected chi connectivity index (χ0v) is 9.23. The molecule has 1 nitrogen and oxygen atoms in total. The lowest BCUT2D eigenvalue weighted by Crippen LogP contribution is -2.00. The quantitative estimate of drug-likeness (QED) is 0.759. The average Bonchev–Trinajstić information content (AvgIpc) is 2.34. The average molecular weight is 215 g/mol. The lowest BCUT2D eigenvalue weighted by Gasteiger charge is -2.15. The van der Waals surface area contributed by atoms with Crippen LogP contribution in [0.2, 0.25) is 0 Å². The van der Waals surface area contributed by atoms with Crippen molar-refractivity contribution < 1.29 is 4.39 Å². The fraction of sp³-hybridized carbons (Fsp3) is 0.214. The third-order valence-corrected chi connectivity index (χ3v) is 2.77. The number of benzene rings is 1. The smallest absolute Gasteiger partial charge is 0.123 e. The molecule has 1 heterocycles. The van der Waals surface area contributed by atoms with Crippen molar-refractivity contribution in [3.63, 3.8) is 0 Å². The van der Waals surface area contributed by atoms with Crippen molar-refractivity contribution in [2.45, 2.75) is 19.3 Å². The summed E-state index contributed by atoms with van der Waals surface area (Å²) in [6.07, 6.45) is 4.62. The van der Waals surface area contributed by atoms with E-state index in [4.69, 9.17) is 0 Å². The summed E-state index contributed by atoms with van der Waals surface area (Å²) in [5.74, 6) is 0.110. The molecule has 2 heteroatoms. The molecule has 0 aliphatic carbocycles. The van der Waals surface area contributed by atoms with Gasteiger partial charge in [-0.3, -0.25) is 4.98 Å². The zero-order valence-electron chi connectivity index (χ0n) is 9.23. The monoisotopic (exact) mass is 215 g/mol. The molecule has 0 bridgehead atoms. The highest BCUT2D eigenvalue weighted by Gasteiger charge is 2.11. The van der Waals surface area contributed by atoms with Gasteiger partial charge in [-0.1, -0.05) is 25.1 Å². The summed E-state index contributed by atoms with van der Waals surface area (Å²) in [5.41, 5.74) is 2.31. The van der Waals surface area contributed by atoms with Gasteiger partial charge in [0.05, 0.1) is 0 Å². The molecule has 0 saturated carbocycles. The minimum Gasteiger partial charge on any atom is -0.264 e. The SMILES string of the molecule is CCC(c1ccc(F)cc1)c1cccnc1. The predicted molar refractivity (Wildman–Crippen MR) is 62.8 cm³/mol. The Morgan fingerprint density at radius 2 is 1.88 bits per heavy atom. The molecule has 82 valence electrons. The van der Waals surface area contributed by atoms with E-state index < -0.39 is 0 Å². The third-order valence-electron chi connectivity index (χ3n) is 2.77.